The second kappa shape index (κ2) is 6.18. The van der Waals surface area contributed by atoms with Gasteiger partial charge < -0.3 is 16.0 Å². The molecule has 0 spiro atoms. The van der Waals surface area contributed by atoms with Gasteiger partial charge in [0.05, 0.1) is 0 Å². The Balaban J connectivity index is 2.57. The molecule has 0 aromatic heterocycles. The van der Waals surface area contributed by atoms with Crippen molar-refractivity contribution in [1.82, 2.24) is 10.2 Å². The Kier molecular flexibility index (Phi) is 5.14. The normalized spacial score (nSPS) is 29.5. The van der Waals surface area contributed by atoms with Gasteiger partial charge in [0.25, 0.3) is 0 Å². The third-order valence-corrected chi connectivity index (χ3v) is 3.87. The van der Waals surface area contributed by atoms with Crippen LogP contribution in [-0.2, 0) is 9.59 Å². The lowest BCUT2D eigenvalue weighted by molar-refractivity contribution is -0.136. The van der Waals surface area contributed by atoms with Gasteiger partial charge >= 0.3 is 0 Å². The fraction of sp³-hybridized carbons (Fsp3) is 0.846. The van der Waals surface area contributed by atoms with Gasteiger partial charge in [-0.2, -0.15) is 0 Å². The Morgan fingerprint density at radius 2 is 1.94 bits per heavy atom. The van der Waals surface area contributed by atoms with Crippen LogP contribution in [0.1, 0.15) is 33.1 Å². The van der Waals surface area contributed by atoms with Crippen LogP contribution in [-0.4, -0.2) is 42.9 Å². The minimum absolute atomic E-state index is 0.0413. The van der Waals surface area contributed by atoms with E-state index in [1.165, 1.54) is 4.90 Å². The number of rotatable bonds is 3. The monoisotopic (exact) mass is 255 g/mol. The summed E-state index contributed by atoms with van der Waals surface area (Å²) in [6.45, 7) is 3.74. The number of nitrogens with zero attached hydrogens (tertiary/aromatic N) is 1. The second-order valence-corrected chi connectivity index (χ2v) is 5.52. The first-order chi connectivity index (χ1) is 8.34. The van der Waals surface area contributed by atoms with Gasteiger partial charge in [-0.3, -0.25) is 9.59 Å². The molecule has 0 radical (unpaired) electrons. The van der Waals surface area contributed by atoms with Crippen molar-refractivity contribution < 1.29 is 9.59 Å². The van der Waals surface area contributed by atoms with Crippen molar-refractivity contribution >= 4 is 11.8 Å². The first kappa shape index (κ1) is 15.0. The summed E-state index contributed by atoms with van der Waals surface area (Å²) >= 11 is 0. The van der Waals surface area contributed by atoms with E-state index in [1.54, 1.807) is 21.0 Å². The highest BCUT2D eigenvalue weighted by molar-refractivity contribution is 5.88. The molecule has 1 fully saturated rings. The quantitative estimate of drug-likeness (QED) is 0.763. The molecule has 1 saturated carbocycles. The van der Waals surface area contributed by atoms with Gasteiger partial charge in [-0.15, -0.1) is 0 Å². The summed E-state index contributed by atoms with van der Waals surface area (Å²) in [4.78, 5) is 25.3. The van der Waals surface area contributed by atoms with Gasteiger partial charge in [-0.05, 0) is 25.7 Å². The van der Waals surface area contributed by atoms with Gasteiger partial charge in [0.2, 0.25) is 11.8 Å². The summed E-state index contributed by atoms with van der Waals surface area (Å²) < 4.78 is 0. The van der Waals surface area contributed by atoms with Crippen molar-refractivity contribution in [1.29, 1.82) is 0 Å². The molecule has 2 amide bonds. The molecule has 1 aliphatic carbocycles. The standard InChI is InChI=1S/C13H25N3O2/c1-8-10(6-5-7-11(8)14)12(17)15-9(2)13(18)16(3)4/h8-11H,5-7,14H2,1-4H3,(H,15,17). The van der Waals surface area contributed by atoms with Crippen molar-refractivity contribution in [3.8, 4) is 0 Å². The van der Waals surface area contributed by atoms with Crippen LogP contribution in [0.4, 0.5) is 0 Å². The summed E-state index contributed by atoms with van der Waals surface area (Å²) in [5.74, 6) is -0.0111. The lowest BCUT2D eigenvalue weighted by atomic mass is 9.77. The van der Waals surface area contributed by atoms with Crippen LogP contribution in [0, 0.1) is 11.8 Å². The summed E-state index contributed by atoms with van der Waals surface area (Å²) in [7, 11) is 3.37. The van der Waals surface area contributed by atoms with E-state index in [0.29, 0.717) is 0 Å². The predicted octanol–water partition coefficient (Wildman–Crippen LogP) is 0.343. The van der Waals surface area contributed by atoms with E-state index >= 15 is 0 Å². The lowest BCUT2D eigenvalue weighted by Crippen LogP contribution is -2.50. The van der Waals surface area contributed by atoms with Crippen molar-refractivity contribution in [2.75, 3.05) is 14.1 Å². The molecule has 4 atom stereocenters. The zero-order valence-electron chi connectivity index (χ0n) is 11.8. The maximum absolute atomic E-state index is 12.2. The molecule has 18 heavy (non-hydrogen) atoms. The lowest BCUT2D eigenvalue weighted by Gasteiger charge is -2.33. The van der Waals surface area contributed by atoms with Gasteiger partial charge in [0, 0.05) is 26.1 Å². The number of nitrogens with one attached hydrogen (secondary N) is 1. The molecule has 1 rings (SSSR count). The number of amides is 2. The zero-order chi connectivity index (χ0) is 13.9. The minimum atomic E-state index is -0.474. The Hall–Kier alpha value is -1.10. The van der Waals surface area contributed by atoms with Crippen LogP contribution in [0.5, 0.6) is 0 Å². The number of carbonyl (C=O) groups excluding carboxylic acids is 2. The molecule has 0 aromatic carbocycles. The minimum Gasteiger partial charge on any atom is -0.347 e. The highest BCUT2D eigenvalue weighted by atomic mass is 16.2. The number of likely N-dealkylation sites (N-methyl/N-ethyl adjacent to an activating group) is 1. The molecule has 5 nitrogen and oxygen atoms in total. The Morgan fingerprint density at radius 1 is 1.33 bits per heavy atom. The van der Waals surface area contributed by atoms with E-state index in [4.69, 9.17) is 5.73 Å². The van der Waals surface area contributed by atoms with Crippen LogP contribution in [0.15, 0.2) is 0 Å². The summed E-state index contributed by atoms with van der Waals surface area (Å²) in [6.07, 6.45) is 2.83. The first-order valence-corrected chi connectivity index (χ1v) is 6.61. The smallest absolute Gasteiger partial charge is 0.244 e. The molecule has 104 valence electrons. The average Bonchev–Trinajstić information content (AvgIpc) is 2.31. The Morgan fingerprint density at radius 3 is 2.50 bits per heavy atom. The van der Waals surface area contributed by atoms with E-state index in [0.717, 1.165) is 19.3 Å². The summed E-state index contributed by atoms with van der Waals surface area (Å²) in [6, 6.07) is -0.382. The highest BCUT2D eigenvalue weighted by Crippen LogP contribution is 2.29. The molecule has 0 saturated heterocycles. The van der Waals surface area contributed by atoms with Gasteiger partial charge in [-0.1, -0.05) is 13.3 Å². The zero-order valence-corrected chi connectivity index (χ0v) is 11.8. The Labute approximate surface area is 109 Å². The van der Waals surface area contributed by atoms with Gasteiger partial charge in [-0.25, -0.2) is 0 Å². The molecule has 0 heterocycles. The van der Waals surface area contributed by atoms with E-state index in [1.807, 2.05) is 6.92 Å². The van der Waals surface area contributed by atoms with E-state index in [2.05, 4.69) is 5.32 Å². The van der Waals surface area contributed by atoms with Crippen molar-refractivity contribution in [2.45, 2.75) is 45.2 Å². The van der Waals surface area contributed by atoms with E-state index < -0.39 is 6.04 Å². The molecule has 3 N–H and O–H groups in total. The number of nitrogens with two attached hydrogens (primary N) is 1. The van der Waals surface area contributed by atoms with Crippen molar-refractivity contribution in [3.63, 3.8) is 0 Å². The molecule has 5 heteroatoms. The van der Waals surface area contributed by atoms with Crippen molar-refractivity contribution in [2.24, 2.45) is 17.6 Å². The summed E-state index contributed by atoms with van der Waals surface area (Å²) in [5, 5.41) is 2.80. The fourth-order valence-electron chi connectivity index (χ4n) is 2.54. The van der Waals surface area contributed by atoms with Crippen LogP contribution >= 0.6 is 0 Å². The topological polar surface area (TPSA) is 75.4 Å². The van der Waals surface area contributed by atoms with Gasteiger partial charge in [0.1, 0.15) is 6.04 Å². The van der Waals surface area contributed by atoms with Crippen molar-refractivity contribution in [3.05, 3.63) is 0 Å². The number of hydrogen-bond donors (Lipinski definition) is 2. The third-order valence-electron chi connectivity index (χ3n) is 3.87. The molecule has 4 unspecified atom stereocenters. The maximum atomic E-state index is 12.2. The van der Waals surface area contributed by atoms with Crippen LogP contribution in [0.2, 0.25) is 0 Å². The molecule has 0 bridgehead atoms. The number of hydrogen-bond acceptors (Lipinski definition) is 3. The average molecular weight is 255 g/mol. The van der Waals surface area contributed by atoms with E-state index in [-0.39, 0.29) is 29.7 Å². The maximum Gasteiger partial charge on any atom is 0.244 e. The van der Waals surface area contributed by atoms with E-state index in [9.17, 15) is 9.59 Å². The largest absolute Gasteiger partial charge is 0.347 e. The van der Waals surface area contributed by atoms with Crippen LogP contribution in [0.3, 0.4) is 0 Å². The molecular formula is C13H25N3O2. The van der Waals surface area contributed by atoms with Crippen LogP contribution in [0.25, 0.3) is 0 Å². The molecule has 1 aliphatic rings. The predicted molar refractivity (Wildman–Crippen MR) is 70.8 cm³/mol. The fourth-order valence-corrected chi connectivity index (χ4v) is 2.54. The highest BCUT2D eigenvalue weighted by Gasteiger charge is 2.33. The molecule has 0 aromatic rings. The summed E-state index contributed by atoms with van der Waals surface area (Å²) in [5.41, 5.74) is 5.99. The molecule has 0 aliphatic heterocycles. The Bertz CT molecular complexity index is 317. The van der Waals surface area contributed by atoms with Crippen LogP contribution < -0.4 is 11.1 Å². The first-order valence-electron chi connectivity index (χ1n) is 6.61. The number of carbonyl (C=O) groups is 2. The van der Waals surface area contributed by atoms with Gasteiger partial charge in [0.15, 0.2) is 0 Å². The molecular weight excluding hydrogens is 230 g/mol. The third kappa shape index (κ3) is 3.45. The second-order valence-electron chi connectivity index (χ2n) is 5.52. The SMILES string of the molecule is CC(NC(=O)C1CCCC(N)C1C)C(=O)N(C)C.